The van der Waals surface area contributed by atoms with Crippen molar-refractivity contribution in [2.75, 3.05) is 11.5 Å². The standard InChI is InChI=1S/C9H16O2S/c10-9(11)7-12-6-8-4-2-1-3-5-8/h8H,1-7H2,(H,10,11). The summed E-state index contributed by atoms with van der Waals surface area (Å²) in [5.41, 5.74) is 0. The second-order valence-electron chi connectivity index (χ2n) is 3.41. The fourth-order valence-electron chi connectivity index (χ4n) is 1.67. The van der Waals surface area contributed by atoms with Crippen molar-refractivity contribution in [2.24, 2.45) is 5.92 Å². The van der Waals surface area contributed by atoms with Gasteiger partial charge in [-0.3, -0.25) is 4.79 Å². The molecular weight excluding hydrogens is 172 g/mol. The number of hydrogen-bond acceptors (Lipinski definition) is 2. The Hall–Kier alpha value is -0.180. The lowest BCUT2D eigenvalue weighted by Gasteiger charge is -2.20. The zero-order chi connectivity index (χ0) is 8.81. The average Bonchev–Trinajstić information content (AvgIpc) is 2.05. The summed E-state index contributed by atoms with van der Waals surface area (Å²) in [5.74, 6) is 1.43. The lowest BCUT2D eigenvalue weighted by Crippen LogP contribution is -2.10. The molecule has 70 valence electrons. The van der Waals surface area contributed by atoms with Crippen molar-refractivity contribution in [1.82, 2.24) is 0 Å². The molecule has 0 aromatic carbocycles. The summed E-state index contributed by atoms with van der Waals surface area (Å²) in [6.07, 6.45) is 6.69. The molecule has 0 radical (unpaired) electrons. The first-order valence-corrected chi connectivity index (χ1v) is 5.74. The second kappa shape index (κ2) is 5.46. The molecule has 1 fully saturated rings. The van der Waals surface area contributed by atoms with Crippen LogP contribution in [0.2, 0.25) is 0 Å². The largest absolute Gasteiger partial charge is 0.481 e. The topological polar surface area (TPSA) is 37.3 Å². The highest BCUT2D eigenvalue weighted by Gasteiger charge is 2.13. The molecule has 0 aromatic rings. The molecule has 1 rings (SSSR count). The predicted octanol–water partition coefficient (Wildman–Crippen LogP) is 2.38. The first-order valence-electron chi connectivity index (χ1n) is 4.58. The molecule has 12 heavy (non-hydrogen) atoms. The lowest BCUT2D eigenvalue weighted by molar-refractivity contribution is -0.133. The summed E-state index contributed by atoms with van der Waals surface area (Å²) in [7, 11) is 0. The first-order chi connectivity index (χ1) is 5.79. The van der Waals surface area contributed by atoms with Crippen LogP contribution in [0, 0.1) is 5.92 Å². The number of carbonyl (C=O) groups is 1. The molecule has 0 aliphatic heterocycles. The molecular formula is C9H16O2S. The Balaban J connectivity index is 2.01. The molecule has 3 heteroatoms. The van der Waals surface area contributed by atoms with Crippen molar-refractivity contribution in [2.45, 2.75) is 32.1 Å². The first kappa shape index (κ1) is 9.90. The Morgan fingerprint density at radius 3 is 2.58 bits per heavy atom. The second-order valence-corrected chi connectivity index (χ2v) is 4.44. The molecule has 1 aliphatic carbocycles. The van der Waals surface area contributed by atoms with E-state index < -0.39 is 5.97 Å². The van der Waals surface area contributed by atoms with E-state index in [1.807, 2.05) is 0 Å². The molecule has 1 N–H and O–H groups in total. The van der Waals surface area contributed by atoms with Crippen LogP contribution in [0.4, 0.5) is 0 Å². The number of carboxylic acid groups (broad SMARTS) is 1. The quantitative estimate of drug-likeness (QED) is 0.736. The monoisotopic (exact) mass is 188 g/mol. The molecule has 0 atom stereocenters. The Bertz CT molecular complexity index is 141. The van der Waals surface area contributed by atoms with E-state index in [-0.39, 0.29) is 5.75 Å². The molecule has 0 spiro atoms. The van der Waals surface area contributed by atoms with Crippen molar-refractivity contribution in [1.29, 1.82) is 0 Å². The zero-order valence-electron chi connectivity index (χ0n) is 7.29. The van der Waals surface area contributed by atoms with Crippen molar-refractivity contribution in [3.63, 3.8) is 0 Å². The number of thioether (sulfide) groups is 1. The zero-order valence-corrected chi connectivity index (χ0v) is 8.11. The minimum atomic E-state index is -0.684. The van der Waals surface area contributed by atoms with Crippen molar-refractivity contribution < 1.29 is 9.90 Å². The summed E-state index contributed by atoms with van der Waals surface area (Å²) in [6, 6.07) is 0. The van der Waals surface area contributed by atoms with Crippen LogP contribution in [0.25, 0.3) is 0 Å². The van der Waals surface area contributed by atoms with Crippen LogP contribution in [0.3, 0.4) is 0 Å². The SMILES string of the molecule is O=C(O)CSCC1CCCCC1. The molecule has 0 unspecified atom stereocenters. The fourth-order valence-corrected chi connectivity index (χ4v) is 2.63. The molecule has 0 bridgehead atoms. The van der Waals surface area contributed by atoms with Crippen LogP contribution >= 0.6 is 11.8 Å². The van der Waals surface area contributed by atoms with Gasteiger partial charge in [-0.05, 0) is 24.5 Å². The van der Waals surface area contributed by atoms with Gasteiger partial charge in [-0.15, -0.1) is 11.8 Å². The number of hydrogen-bond donors (Lipinski definition) is 1. The molecule has 0 aromatic heterocycles. The smallest absolute Gasteiger partial charge is 0.313 e. The van der Waals surface area contributed by atoms with E-state index in [9.17, 15) is 4.79 Å². The maximum Gasteiger partial charge on any atom is 0.313 e. The summed E-state index contributed by atoms with van der Waals surface area (Å²) < 4.78 is 0. The van der Waals surface area contributed by atoms with Crippen molar-refractivity contribution in [3.8, 4) is 0 Å². The summed E-state index contributed by atoms with van der Waals surface area (Å²) in [6.45, 7) is 0. The lowest BCUT2D eigenvalue weighted by atomic mass is 9.91. The predicted molar refractivity (Wildman–Crippen MR) is 51.5 cm³/mol. The minimum absolute atomic E-state index is 0.274. The maximum absolute atomic E-state index is 10.2. The highest BCUT2D eigenvalue weighted by Crippen LogP contribution is 2.26. The Morgan fingerprint density at radius 2 is 2.00 bits per heavy atom. The van der Waals surface area contributed by atoms with Gasteiger partial charge in [0.1, 0.15) is 0 Å². The van der Waals surface area contributed by atoms with Gasteiger partial charge in [0, 0.05) is 0 Å². The van der Waals surface area contributed by atoms with E-state index in [0.717, 1.165) is 11.7 Å². The summed E-state index contributed by atoms with van der Waals surface area (Å²) in [5, 5.41) is 8.42. The van der Waals surface area contributed by atoms with Gasteiger partial charge in [0.15, 0.2) is 0 Å². The maximum atomic E-state index is 10.2. The fraction of sp³-hybridized carbons (Fsp3) is 0.889. The molecule has 1 saturated carbocycles. The molecule has 0 amide bonds. The summed E-state index contributed by atoms with van der Waals surface area (Å²) in [4.78, 5) is 10.2. The van der Waals surface area contributed by atoms with Crippen LogP contribution in [-0.2, 0) is 4.79 Å². The van der Waals surface area contributed by atoms with Gasteiger partial charge in [0.2, 0.25) is 0 Å². The highest BCUT2D eigenvalue weighted by atomic mass is 32.2. The van der Waals surface area contributed by atoms with Crippen LogP contribution in [-0.4, -0.2) is 22.6 Å². The Kier molecular flexibility index (Phi) is 4.51. The number of rotatable bonds is 4. The number of carboxylic acids is 1. The van der Waals surface area contributed by atoms with E-state index in [4.69, 9.17) is 5.11 Å². The van der Waals surface area contributed by atoms with Gasteiger partial charge in [-0.25, -0.2) is 0 Å². The van der Waals surface area contributed by atoms with Gasteiger partial charge in [-0.2, -0.15) is 0 Å². The third kappa shape index (κ3) is 4.00. The van der Waals surface area contributed by atoms with Gasteiger partial charge in [-0.1, -0.05) is 19.3 Å². The number of aliphatic carboxylic acids is 1. The van der Waals surface area contributed by atoms with Crippen LogP contribution in [0.15, 0.2) is 0 Å². The van der Waals surface area contributed by atoms with E-state index in [1.165, 1.54) is 32.1 Å². The third-order valence-corrected chi connectivity index (χ3v) is 3.46. The normalized spacial score (nSPS) is 19.3. The Morgan fingerprint density at radius 1 is 1.33 bits per heavy atom. The van der Waals surface area contributed by atoms with Crippen LogP contribution < -0.4 is 0 Å². The van der Waals surface area contributed by atoms with Crippen molar-refractivity contribution >= 4 is 17.7 Å². The average molecular weight is 188 g/mol. The minimum Gasteiger partial charge on any atom is -0.481 e. The van der Waals surface area contributed by atoms with Crippen molar-refractivity contribution in [3.05, 3.63) is 0 Å². The molecule has 1 aliphatic rings. The van der Waals surface area contributed by atoms with E-state index >= 15 is 0 Å². The van der Waals surface area contributed by atoms with E-state index in [2.05, 4.69) is 0 Å². The molecule has 0 saturated heterocycles. The molecule has 0 heterocycles. The summed E-state index contributed by atoms with van der Waals surface area (Å²) >= 11 is 1.57. The van der Waals surface area contributed by atoms with Gasteiger partial charge >= 0.3 is 5.97 Å². The van der Waals surface area contributed by atoms with Crippen LogP contribution in [0.1, 0.15) is 32.1 Å². The van der Waals surface area contributed by atoms with Crippen LogP contribution in [0.5, 0.6) is 0 Å². The third-order valence-electron chi connectivity index (χ3n) is 2.30. The van der Waals surface area contributed by atoms with E-state index in [0.29, 0.717) is 0 Å². The Labute approximate surface area is 77.7 Å². The van der Waals surface area contributed by atoms with E-state index in [1.54, 1.807) is 11.8 Å². The van der Waals surface area contributed by atoms with Gasteiger partial charge in [0.05, 0.1) is 5.75 Å². The highest BCUT2D eigenvalue weighted by molar-refractivity contribution is 7.99. The molecule has 2 nitrogen and oxygen atoms in total. The van der Waals surface area contributed by atoms with Gasteiger partial charge < -0.3 is 5.11 Å². The van der Waals surface area contributed by atoms with Gasteiger partial charge in [0.25, 0.3) is 0 Å².